The highest BCUT2D eigenvalue weighted by Gasteiger charge is 2.20. The Hall–Kier alpha value is -3.02. The van der Waals surface area contributed by atoms with Crippen LogP contribution in [0.5, 0.6) is 0 Å². The van der Waals surface area contributed by atoms with E-state index >= 15 is 0 Å². The maximum absolute atomic E-state index is 12.4. The molecule has 0 aliphatic rings. The molecule has 0 aliphatic carbocycles. The molecule has 0 saturated carbocycles. The highest BCUT2D eigenvalue weighted by molar-refractivity contribution is 5.86. The van der Waals surface area contributed by atoms with Crippen LogP contribution in [0.25, 0.3) is 0 Å². The molecule has 3 amide bonds. The molecule has 0 aromatic heterocycles. The van der Waals surface area contributed by atoms with Crippen LogP contribution in [0.15, 0.2) is 54.6 Å². The van der Waals surface area contributed by atoms with E-state index < -0.39 is 12.1 Å². The molecular formula is C19H24N4O2. The summed E-state index contributed by atoms with van der Waals surface area (Å²) in [5, 5.41) is 5.36. The Morgan fingerprint density at radius 2 is 1.64 bits per heavy atom. The second kappa shape index (κ2) is 8.73. The summed E-state index contributed by atoms with van der Waals surface area (Å²) in [4.78, 5) is 25.7. The van der Waals surface area contributed by atoms with Gasteiger partial charge in [-0.3, -0.25) is 4.79 Å². The number of benzene rings is 2. The van der Waals surface area contributed by atoms with Gasteiger partial charge in [0.25, 0.3) is 0 Å². The summed E-state index contributed by atoms with van der Waals surface area (Å²) >= 11 is 0. The summed E-state index contributed by atoms with van der Waals surface area (Å²) in [7, 11) is 3.95. The van der Waals surface area contributed by atoms with E-state index in [2.05, 4.69) is 10.6 Å². The number of hydrogen-bond acceptors (Lipinski definition) is 3. The van der Waals surface area contributed by atoms with Gasteiger partial charge >= 0.3 is 6.03 Å². The topological polar surface area (TPSA) is 87.5 Å². The van der Waals surface area contributed by atoms with Gasteiger partial charge in [-0.05, 0) is 23.3 Å². The number of nitrogens with one attached hydrogen (secondary N) is 2. The largest absolute Gasteiger partial charge is 0.378 e. The Labute approximate surface area is 148 Å². The van der Waals surface area contributed by atoms with Crippen molar-refractivity contribution in [3.8, 4) is 0 Å². The lowest BCUT2D eigenvalue weighted by Gasteiger charge is -2.18. The molecule has 0 spiro atoms. The van der Waals surface area contributed by atoms with Gasteiger partial charge in [-0.15, -0.1) is 0 Å². The molecule has 6 heteroatoms. The smallest absolute Gasteiger partial charge is 0.312 e. The standard InChI is InChI=1S/C19H24N4O2/c1-23(2)16-10-8-15(9-11-16)13-21-18(24)17(22-19(20)25)12-14-6-4-3-5-7-14/h3-11,17H,12-13H2,1-2H3,(H,21,24)(H3,20,22,25). The van der Waals surface area contributed by atoms with Crippen molar-refractivity contribution in [1.29, 1.82) is 0 Å². The molecule has 2 aromatic rings. The van der Waals surface area contributed by atoms with Crippen LogP contribution in [-0.2, 0) is 17.8 Å². The van der Waals surface area contributed by atoms with Crippen molar-refractivity contribution >= 4 is 17.6 Å². The van der Waals surface area contributed by atoms with Crippen LogP contribution in [0.2, 0.25) is 0 Å². The first-order chi connectivity index (χ1) is 12.0. The second-order valence-corrected chi connectivity index (χ2v) is 6.03. The van der Waals surface area contributed by atoms with Crippen LogP contribution >= 0.6 is 0 Å². The first-order valence-electron chi connectivity index (χ1n) is 8.09. The fourth-order valence-corrected chi connectivity index (χ4v) is 2.46. The number of anilines is 1. The third-order valence-corrected chi connectivity index (χ3v) is 3.84. The lowest BCUT2D eigenvalue weighted by atomic mass is 10.1. The molecule has 0 aliphatic heterocycles. The van der Waals surface area contributed by atoms with Crippen LogP contribution in [-0.4, -0.2) is 32.1 Å². The molecule has 4 N–H and O–H groups in total. The molecule has 25 heavy (non-hydrogen) atoms. The molecule has 132 valence electrons. The van der Waals surface area contributed by atoms with E-state index in [9.17, 15) is 9.59 Å². The predicted molar refractivity (Wildman–Crippen MR) is 99.3 cm³/mol. The maximum Gasteiger partial charge on any atom is 0.312 e. The van der Waals surface area contributed by atoms with Crippen molar-refractivity contribution < 1.29 is 9.59 Å². The van der Waals surface area contributed by atoms with E-state index in [4.69, 9.17) is 5.73 Å². The number of carbonyl (C=O) groups is 2. The Morgan fingerprint density at radius 3 is 2.20 bits per heavy atom. The Kier molecular flexibility index (Phi) is 6.39. The third-order valence-electron chi connectivity index (χ3n) is 3.84. The molecule has 1 atom stereocenters. The number of carbonyl (C=O) groups excluding carboxylic acids is 2. The minimum absolute atomic E-state index is 0.265. The lowest BCUT2D eigenvalue weighted by Crippen LogP contribution is -2.49. The molecule has 0 heterocycles. The van der Waals surface area contributed by atoms with Gasteiger partial charge in [-0.2, -0.15) is 0 Å². The molecule has 0 saturated heterocycles. The van der Waals surface area contributed by atoms with Crippen LogP contribution in [0.3, 0.4) is 0 Å². The Bertz CT molecular complexity index is 699. The Morgan fingerprint density at radius 1 is 1.00 bits per heavy atom. The van der Waals surface area contributed by atoms with Crippen molar-refractivity contribution in [3.05, 3.63) is 65.7 Å². The molecule has 1 unspecified atom stereocenters. The first kappa shape index (κ1) is 18.3. The average molecular weight is 340 g/mol. The van der Waals surface area contributed by atoms with E-state index in [0.717, 1.165) is 16.8 Å². The van der Waals surface area contributed by atoms with Crippen molar-refractivity contribution in [2.24, 2.45) is 5.73 Å². The first-order valence-corrected chi connectivity index (χ1v) is 8.09. The van der Waals surface area contributed by atoms with Gasteiger partial charge in [-0.1, -0.05) is 42.5 Å². The van der Waals surface area contributed by atoms with Crippen LogP contribution in [0, 0.1) is 0 Å². The normalized spacial score (nSPS) is 11.4. The van der Waals surface area contributed by atoms with Gasteiger partial charge < -0.3 is 21.3 Å². The van der Waals surface area contributed by atoms with Crippen LogP contribution in [0.4, 0.5) is 10.5 Å². The SMILES string of the molecule is CN(C)c1ccc(CNC(=O)C(Cc2ccccc2)NC(N)=O)cc1. The van der Waals surface area contributed by atoms with E-state index in [1.165, 1.54) is 0 Å². The summed E-state index contributed by atoms with van der Waals surface area (Å²) in [6, 6.07) is 16.0. The fourth-order valence-electron chi connectivity index (χ4n) is 2.46. The number of nitrogens with zero attached hydrogens (tertiary/aromatic N) is 1. The van der Waals surface area contributed by atoms with E-state index in [-0.39, 0.29) is 5.91 Å². The molecule has 2 aromatic carbocycles. The summed E-state index contributed by atoms with van der Waals surface area (Å²) in [6.45, 7) is 0.387. The van der Waals surface area contributed by atoms with Gasteiger partial charge in [0, 0.05) is 32.7 Å². The van der Waals surface area contributed by atoms with Crippen molar-refractivity contribution in [3.63, 3.8) is 0 Å². The predicted octanol–water partition coefficient (Wildman–Crippen LogP) is 1.65. The molecule has 0 fully saturated rings. The zero-order valence-electron chi connectivity index (χ0n) is 14.5. The number of nitrogens with two attached hydrogens (primary N) is 1. The summed E-state index contributed by atoms with van der Waals surface area (Å²) in [6.07, 6.45) is 0.384. The second-order valence-electron chi connectivity index (χ2n) is 6.03. The van der Waals surface area contributed by atoms with Crippen molar-refractivity contribution in [2.45, 2.75) is 19.0 Å². The number of urea groups is 1. The minimum Gasteiger partial charge on any atom is -0.378 e. The van der Waals surface area contributed by atoms with E-state index in [1.54, 1.807) is 0 Å². The van der Waals surface area contributed by atoms with Gasteiger partial charge in [-0.25, -0.2) is 4.79 Å². The fraction of sp³-hybridized carbons (Fsp3) is 0.263. The number of hydrogen-bond donors (Lipinski definition) is 3. The van der Waals surface area contributed by atoms with Crippen molar-refractivity contribution in [2.75, 3.05) is 19.0 Å². The van der Waals surface area contributed by atoms with Crippen molar-refractivity contribution in [1.82, 2.24) is 10.6 Å². The van der Waals surface area contributed by atoms with Gasteiger partial charge in [0.2, 0.25) is 5.91 Å². The van der Waals surface area contributed by atoms with Crippen LogP contribution < -0.4 is 21.3 Å². The molecular weight excluding hydrogens is 316 g/mol. The Balaban J connectivity index is 1.97. The third kappa shape index (κ3) is 5.84. The van der Waals surface area contributed by atoms with Gasteiger partial charge in [0.15, 0.2) is 0 Å². The summed E-state index contributed by atoms with van der Waals surface area (Å²) in [5.74, 6) is -0.265. The highest BCUT2D eigenvalue weighted by Crippen LogP contribution is 2.12. The zero-order valence-corrected chi connectivity index (χ0v) is 14.5. The monoisotopic (exact) mass is 340 g/mol. The number of primary amides is 1. The number of rotatable bonds is 7. The van der Waals surface area contributed by atoms with E-state index in [0.29, 0.717) is 13.0 Å². The number of amides is 3. The minimum atomic E-state index is -0.716. The van der Waals surface area contributed by atoms with Gasteiger partial charge in [0.1, 0.15) is 6.04 Å². The summed E-state index contributed by atoms with van der Waals surface area (Å²) < 4.78 is 0. The molecule has 6 nitrogen and oxygen atoms in total. The quantitative estimate of drug-likeness (QED) is 0.716. The lowest BCUT2D eigenvalue weighted by molar-refractivity contribution is -0.123. The maximum atomic E-state index is 12.4. The summed E-state index contributed by atoms with van der Waals surface area (Å²) in [5.41, 5.74) is 8.23. The van der Waals surface area contributed by atoms with Gasteiger partial charge in [0.05, 0.1) is 0 Å². The average Bonchev–Trinajstić information content (AvgIpc) is 2.60. The zero-order chi connectivity index (χ0) is 18.2. The van der Waals surface area contributed by atoms with Crippen LogP contribution in [0.1, 0.15) is 11.1 Å². The molecule has 0 bridgehead atoms. The molecule has 2 rings (SSSR count). The molecule has 0 radical (unpaired) electrons. The van der Waals surface area contributed by atoms with E-state index in [1.807, 2.05) is 73.6 Å². The highest BCUT2D eigenvalue weighted by atomic mass is 16.2.